The number of allylic oxidation sites excluding steroid dienone is 1. The van der Waals surface area contributed by atoms with E-state index >= 15 is 0 Å². The molecular formula is C32H62. The first-order valence-electron chi connectivity index (χ1n) is 15.3. The Morgan fingerprint density at radius 1 is 0.375 bits per heavy atom. The maximum atomic E-state index is 3.62. The zero-order valence-corrected chi connectivity index (χ0v) is 22.6. The predicted molar refractivity (Wildman–Crippen MR) is 149 cm³/mol. The van der Waals surface area contributed by atoms with E-state index in [0.29, 0.717) is 0 Å². The monoisotopic (exact) mass is 446 g/mol. The summed E-state index contributed by atoms with van der Waals surface area (Å²) in [7, 11) is 0. The molecule has 0 aromatic carbocycles. The molecule has 0 rings (SSSR count). The Bertz CT molecular complexity index is 362. The van der Waals surface area contributed by atoms with Crippen LogP contribution < -0.4 is 0 Å². The average Bonchev–Trinajstić information content (AvgIpc) is 2.81. The van der Waals surface area contributed by atoms with Gasteiger partial charge in [0.25, 0.3) is 0 Å². The third kappa shape index (κ3) is 29.5. The van der Waals surface area contributed by atoms with Gasteiger partial charge in [-0.05, 0) is 18.9 Å². The molecule has 0 aliphatic carbocycles. The molecular weight excluding hydrogens is 384 g/mol. The van der Waals surface area contributed by atoms with Crippen LogP contribution in [0.3, 0.4) is 0 Å². The highest BCUT2D eigenvalue weighted by molar-refractivity contribution is 4.74. The molecule has 0 radical (unpaired) electrons. The average molecular weight is 447 g/mol. The van der Waals surface area contributed by atoms with Crippen LogP contribution in [0.4, 0.5) is 0 Å². The summed E-state index contributed by atoms with van der Waals surface area (Å²) in [6.07, 6.45) is 42.7. The third-order valence-electron chi connectivity index (χ3n) is 7.10. The van der Waals surface area contributed by atoms with E-state index in [1.54, 1.807) is 0 Å². The van der Waals surface area contributed by atoms with Gasteiger partial charge in [-0.25, -0.2) is 0 Å². The minimum atomic E-state index is 1.17. The van der Waals surface area contributed by atoms with Crippen LogP contribution in [0.2, 0.25) is 0 Å². The van der Waals surface area contributed by atoms with Gasteiger partial charge >= 0.3 is 0 Å². The van der Waals surface area contributed by atoms with Crippen LogP contribution in [0.5, 0.6) is 0 Å². The van der Waals surface area contributed by atoms with Gasteiger partial charge in [-0.3, -0.25) is 0 Å². The topological polar surface area (TPSA) is 0 Å². The lowest BCUT2D eigenvalue weighted by Gasteiger charge is -2.04. The van der Waals surface area contributed by atoms with Gasteiger partial charge < -0.3 is 0 Å². The fourth-order valence-electron chi connectivity index (χ4n) is 4.84. The molecule has 0 aliphatic heterocycles. The molecule has 0 spiro atoms. The highest BCUT2D eigenvalue weighted by atomic mass is 14.0. The molecule has 0 amide bonds. The molecule has 0 saturated heterocycles. The minimum absolute atomic E-state index is 1.17. The van der Waals surface area contributed by atoms with Gasteiger partial charge in [0.05, 0.1) is 0 Å². The fourth-order valence-corrected chi connectivity index (χ4v) is 4.84. The van der Waals surface area contributed by atoms with Crippen molar-refractivity contribution < 1.29 is 0 Å². The lowest BCUT2D eigenvalue weighted by atomic mass is 10.0. The van der Waals surface area contributed by atoms with E-state index in [1.165, 1.54) is 180 Å². The zero-order chi connectivity index (χ0) is 23.2. The first kappa shape index (κ1) is 31.5. The molecule has 0 nitrogen and oxygen atoms in total. The molecule has 0 unspecified atom stereocenters. The molecule has 0 saturated carbocycles. The van der Waals surface area contributed by atoms with Gasteiger partial charge in [-0.2, -0.15) is 0 Å². The molecule has 0 aromatic heterocycles. The van der Waals surface area contributed by atoms with E-state index < -0.39 is 0 Å². The lowest BCUT2D eigenvalue weighted by Crippen LogP contribution is -1.84. The molecule has 0 bridgehead atoms. The number of unbranched alkanes of at least 4 members (excludes halogenated alkanes) is 27. The third-order valence-corrected chi connectivity index (χ3v) is 7.10. The first-order chi connectivity index (χ1) is 15.9. The van der Waals surface area contributed by atoms with Gasteiger partial charge in [0, 0.05) is 0 Å². The minimum Gasteiger partial charge on any atom is -0.133 e. The van der Waals surface area contributed by atoms with Crippen LogP contribution in [0.25, 0.3) is 0 Å². The maximum absolute atomic E-state index is 3.62. The second-order valence-electron chi connectivity index (χ2n) is 10.4. The molecule has 190 valence electrons. The summed E-state index contributed by atoms with van der Waals surface area (Å²) in [6.45, 7) is 5.92. The number of hydrogen-bond acceptors (Lipinski definition) is 0. The summed E-state index contributed by atoms with van der Waals surface area (Å²) in [5, 5.41) is 0. The quantitative estimate of drug-likeness (QED) is 0.0827. The van der Waals surface area contributed by atoms with Gasteiger partial charge in [0.15, 0.2) is 0 Å². The summed E-state index contributed by atoms with van der Waals surface area (Å²) < 4.78 is 0. The molecule has 0 heteroatoms. The number of hydrogen-bond donors (Lipinski definition) is 0. The zero-order valence-electron chi connectivity index (χ0n) is 22.6. The van der Waals surface area contributed by atoms with E-state index in [0.717, 1.165) is 0 Å². The Kier molecular flexibility index (Phi) is 30.1. The fraction of sp³-hybridized carbons (Fsp3) is 0.906. The summed E-state index contributed by atoms with van der Waals surface area (Å²) in [5.74, 6) is 0. The van der Waals surface area contributed by atoms with Crippen molar-refractivity contribution in [2.24, 2.45) is 0 Å². The van der Waals surface area contributed by atoms with Crippen molar-refractivity contribution in [3.63, 3.8) is 0 Å². The summed E-state index contributed by atoms with van der Waals surface area (Å²) in [5.41, 5.74) is 2.86. The molecule has 0 heterocycles. The smallest absolute Gasteiger partial charge is 0.0275 e. The van der Waals surface area contributed by atoms with E-state index in [-0.39, 0.29) is 0 Å². The van der Waals surface area contributed by atoms with Crippen molar-refractivity contribution in [1.82, 2.24) is 0 Å². The summed E-state index contributed by atoms with van der Waals surface area (Å²) in [6, 6.07) is 0. The van der Waals surface area contributed by atoms with Crippen molar-refractivity contribution in [3.05, 3.63) is 18.4 Å². The van der Waals surface area contributed by atoms with Crippen molar-refractivity contribution >= 4 is 0 Å². The van der Waals surface area contributed by atoms with Crippen LogP contribution in [-0.2, 0) is 0 Å². The molecule has 0 aromatic rings. The SMILES string of the molecule is C=C=CCCCCCCCCCCCCCCCCCCCCCCCCCCCCC. The van der Waals surface area contributed by atoms with Crippen LogP contribution in [0.1, 0.15) is 187 Å². The summed E-state index contributed by atoms with van der Waals surface area (Å²) in [4.78, 5) is 0. The van der Waals surface area contributed by atoms with Crippen LogP contribution in [-0.4, -0.2) is 0 Å². The highest BCUT2D eigenvalue weighted by Gasteiger charge is 1.96. The lowest BCUT2D eigenvalue weighted by molar-refractivity contribution is 0.515. The first-order valence-corrected chi connectivity index (χ1v) is 15.3. The van der Waals surface area contributed by atoms with Crippen molar-refractivity contribution in [3.8, 4) is 0 Å². The van der Waals surface area contributed by atoms with E-state index in [9.17, 15) is 0 Å². The van der Waals surface area contributed by atoms with Crippen molar-refractivity contribution in [1.29, 1.82) is 0 Å². The molecule has 0 aliphatic rings. The standard InChI is InChI=1S/C32H62/c1-3-5-7-9-11-13-15-17-19-21-23-25-27-29-31-32-30-28-26-24-22-20-18-16-14-12-10-8-6-4-2/h5H,1,4,6-32H2,2H3. The Hall–Kier alpha value is -0.480. The Labute approximate surface area is 205 Å². The Morgan fingerprint density at radius 3 is 0.812 bits per heavy atom. The normalized spacial score (nSPS) is 11.0. The molecule has 32 heavy (non-hydrogen) atoms. The Balaban J connectivity index is 3.00. The van der Waals surface area contributed by atoms with E-state index in [4.69, 9.17) is 0 Å². The van der Waals surface area contributed by atoms with Crippen molar-refractivity contribution in [2.75, 3.05) is 0 Å². The largest absolute Gasteiger partial charge is 0.133 e. The second-order valence-corrected chi connectivity index (χ2v) is 10.4. The van der Waals surface area contributed by atoms with Crippen molar-refractivity contribution in [2.45, 2.75) is 187 Å². The van der Waals surface area contributed by atoms with Gasteiger partial charge in [-0.15, -0.1) is 5.73 Å². The Morgan fingerprint density at radius 2 is 0.594 bits per heavy atom. The van der Waals surface area contributed by atoms with Gasteiger partial charge in [0.2, 0.25) is 0 Å². The maximum Gasteiger partial charge on any atom is -0.0275 e. The van der Waals surface area contributed by atoms with Gasteiger partial charge in [0.1, 0.15) is 0 Å². The molecule has 0 fully saturated rings. The highest BCUT2D eigenvalue weighted by Crippen LogP contribution is 2.16. The van der Waals surface area contributed by atoms with E-state index in [2.05, 4.69) is 25.3 Å². The van der Waals surface area contributed by atoms with Crippen LogP contribution >= 0.6 is 0 Å². The van der Waals surface area contributed by atoms with Gasteiger partial charge in [-0.1, -0.05) is 180 Å². The van der Waals surface area contributed by atoms with Crippen LogP contribution in [0, 0.1) is 0 Å². The van der Waals surface area contributed by atoms with Crippen LogP contribution in [0.15, 0.2) is 18.4 Å². The summed E-state index contributed by atoms with van der Waals surface area (Å²) >= 11 is 0. The number of rotatable bonds is 28. The van der Waals surface area contributed by atoms with E-state index in [1.807, 2.05) is 0 Å². The molecule has 0 atom stereocenters. The second kappa shape index (κ2) is 30.5. The predicted octanol–water partition coefficient (Wildman–Crippen LogP) is 12.3. The molecule has 0 N–H and O–H groups in total.